The number of ether oxygens (including phenoxy) is 1. The molecule has 3 N–H and O–H groups in total. The van der Waals surface area contributed by atoms with Gasteiger partial charge in [-0.15, -0.1) is 0 Å². The molecule has 6 aliphatic rings. The van der Waals surface area contributed by atoms with E-state index in [2.05, 4.69) is 72.1 Å². The third-order valence-corrected chi connectivity index (χ3v) is 18.8. The van der Waals surface area contributed by atoms with E-state index in [0.29, 0.717) is 48.0 Å². The molecule has 1 heterocycles. The summed E-state index contributed by atoms with van der Waals surface area (Å²) in [5, 5.41) is 9.39. The zero-order chi connectivity index (χ0) is 40.6. The second-order valence-electron chi connectivity index (χ2n) is 22.6. The average molecular weight is 768 g/mol. The minimum atomic E-state index is -0.883. The van der Waals surface area contributed by atoms with Gasteiger partial charge in [-0.3, -0.25) is 14.4 Å². The number of nitrogens with two attached hydrogens (primary N) is 1. The first-order chi connectivity index (χ1) is 25.5. The van der Waals surface area contributed by atoms with Crippen LogP contribution in [0.2, 0.25) is 0 Å². The van der Waals surface area contributed by atoms with E-state index in [-0.39, 0.29) is 57.5 Å². The van der Waals surface area contributed by atoms with Gasteiger partial charge in [0.05, 0.1) is 12.8 Å². The maximum Gasteiger partial charge on any atom is 0.306 e. The Bertz CT molecular complexity index is 1460. The van der Waals surface area contributed by atoms with E-state index < -0.39 is 11.4 Å². The van der Waals surface area contributed by atoms with Crippen molar-refractivity contribution in [1.29, 1.82) is 0 Å². The molecule has 6 rings (SSSR count). The number of hydrogen-bond donors (Lipinski definition) is 2. The van der Waals surface area contributed by atoms with E-state index in [1.54, 1.807) is 0 Å². The minimum absolute atomic E-state index is 0.0180. The van der Waals surface area contributed by atoms with Gasteiger partial charge in [0.15, 0.2) is 0 Å². The van der Waals surface area contributed by atoms with Gasteiger partial charge in [-0.2, -0.15) is 0 Å². The van der Waals surface area contributed by atoms with Gasteiger partial charge in [0, 0.05) is 36.5 Å². The summed E-state index contributed by atoms with van der Waals surface area (Å²) in [6.07, 6.45) is 13.6. The summed E-state index contributed by atoms with van der Waals surface area (Å²) < 4.78 is 6.31. The Morgan fingerprint density at radius 1 is 0.873 bits per heavy atom. The predicted octanol–water partition coefficient (Wildman–Crippen LogP) is 9.33. The largest absolute Gasteiger partial charge is 0.481 e. The van der Waals surface area contributed by atoms with Crippen molar-refractivity contribution in [3.63, 3.8) is 0 Å². The number of aliphatic carboxylic acids is 1. The van der Waals surface area contributed by atoms with Crippen LogP contribution >= 0.6 is 0 Å². The highest BCUT2D eigenvalue weighted by atomic mass is 16.5. The van der Waals surface area contributed by atoms with Crippen molar-refractivity contribution >= 4 is 17.8 Å². The Kier molecular flexibility index (Phi) is 11.6. The van der Waals surface area contributed by atoms with Crippen LogP contribution in [0.4, 0.5) is 0 Å². The molecule has 55 heavy (non-hydrogen) atoms. The first-order valence-corrected chi connectivity index (χ1v) is 22.8. The molecule has 0 unspecified atom stereocenters. The zero-order valence-corrected chi connectivity index (χ0v) is 37.0. The number of nitrogens with zero attached hydrogens (tertiary/aromatic N) is 2. The molecule has 6 fully saturated rings. The lowest BCUT2D eigenvalue weighted by Gasteiger charge is -2.76. The van der Waals surface area contributed by atoms with Crippen molar-refractivity contribution in [3.05, 3.63) is 0 Å². The zero-order valence-electron chi connectivity index (χ0n) is 37.0. The van der Waals surface area contributed by atoms with Gasteiger partial charge in [-0.25, -0.2) is 0 Å². The maximum absolute atomic E-state index is 14.6. The number of esters is 1. The number of rotatable bonds is 12. The number of carbonyl (C=O) groups excluding carboxylic acids is 2. The fraction of sp³-hybridized carbons (Fsp3) is 0.936. The van der Waals surface area contributed by atoms with Gasteiger partial charge in [-0.05, 0) is 147 Å². The quantitative estimate of drug-likeness (QED) is 0.190. The van der Waals surface area contributed by atoms with Crippen LogP contribution in [0.5, 0.6) is 0 Å². The van der Waals surface area contributed by atoms with Crippen LogP contribution in [-0.4, -0.2) is 76.6 Å². The molecule has 8 nitrogen and oxygen atoms in total. The molecule has 5 saturated carbocycles. The molecule has 1 amide bonds. The van der Waals surface area contributed by atoms with E-state index in [1.807, 2.05) is 13.8 Å². The molecule has 0 aromatic carbocycles. The molecule has 314 valence electrons. The molecule has 5 aliphatic carbocycles. The number of amides is 1. The molecule has 0 radical (unpaired) electrons. The summed E-state index contributed by atoms with van der Waals surface area (Å²) in [7, 11) is 0. The SMILES string of the molecule is CCN(CC)C[C@@H]1CCCN1C(=O)C[C@]12CC[C@@H](C(C)C)[C@@H]1[C@@]1(N)CC[C@@H]3[C@@]4(C)CC[C@H](OC(=O)CC(C)(C)CC(=O)O)C(C)(C)[C@@H]4CC[C@@]3(C)[C@]1(C)CC2. The molecule has 0 aromatic heterocycles. The monoisotopic (exact) mass is 768 g/mol. The Morgan fingerprint density at radius 2 is 1.55 bits per heavy atom. The van der Waals surface area contributed by atoms with Crippen molar-refractivity contribution in [2.24, 2.45) is 67.8 Å². The second-order valence-corrected chi connectivity index (χ2v) is 22.6. The maximum atomic E-state index is 14.6. The third kappa shape index (κ3) is 6.93. The lowest BCUT2D eigenvalue weighted by atomic mass is 9.30. The van der Waals surface area contributed by atoms with Crippen LogP contribution in [-0.2, 0) is 19.1 Å². The number of carboxylic acids is 1. The highest BCUT2D eigenvalue weighted by Gasteiger charge is 2.75. The second kappa shape index (κ2) is 14.9. The van der Waals surface area contributed by atoms with Crippen LogP contribution in [0.1, 0.15) is 172 Å². The third-order valence-electron chi connectivity index (χ3n) is 18.8. The molecular formula is C47H81N3O5. The van der Waals surface area contributed by atoms with Crippen molar-refractivity contribution in [2.75, 3.05) is 26.2 Å². The smallest absolute Gasteiger partial charge is 0.306 e. The van der Waals surface area contributed by atoms with Gasteiger partial charge < -0.3 is 25.4 Å². The summed E-state index contributed by atoms with van der Waals surface area (Å²) in [5.41, 5.74) is 7.23. The van der Waals surface area contributed by atoms with Gasteiger partial charge in [-0.1, -0.05) is 76.2 Å². The van der Waals surface area contributed by atoms with Crippen molar-refractivity contribution in [3.8, 4) is 0 Å². The summed E-state index contributed by atoms with van der Waals surface area (Å²) in [5.74, 6) is 1.64. The topological polar surface area (TPSA) is 113 Å². The van der Waals surface area contributed by atoms with Crippen molar-refractivity contribution in [2.45, 2.75) is 190 Å². The van der Waals surface area contributed by atoms with Crippen LogP contribution in [0, 0.1) is 62.1 Å². The van der Waals surface area contributed by atoms with Crippen LogP contribution in [0.25, 0.3) is 0 Å². The Balaban J connectivity index is 1.25. The molecule has 0 aromatic rings. The van der Waals surface area contributed by atoms with E-state index in [1.165, 1.54) is 6.42 Å². The molecule has 0 spiro atoms. The molecular weight excluding hydrogens is 687 g/mol. The molecule has 1 aliphatic heterocycles. The number of carboxylic acid groups (broad SMARTS) is 1. The summed E-state index contributed by atoms with van der Waals surface area (Å²) >= 11 is 0. The first-order valence-electron chi connectivity index (χ1n) is 22.8. The minimum Gasteiger partial charge on any atom is -0.481 e. The van der Waals surface area contributed by atoms with Crippen LogP contribution < -0.4 is 5.73 Å². The van der Waals surface area contributed by atoms with Crippen LogP contribution in [0.3, 0.4) is 0 Å². The fourth-order valence-electron chi connectivity index (χ4n) is 15.8. The average Bonchev–Trinajstić information content (AvgIpc) is 3.71. The normalized spacial score (nSPS) is 42.4. The van der Waals surface area contributed by atoms with Gasteiger partial charge >= 0.3 is 11.9 Å². The number of fused-ring (bicyclic) bond motifs is 7. The Labute approximate surface area is 335 Å². The van der Waals surface area contributed by atoms with E-state index >= 15 is 0 Å². The molecule has 8 heteroatoms. The Morgan fingerprint density at radius 3 is 2.18 bits per heavy atom. The summed E-state index contributed by atoms with van der Waals surface area (Å²) in [6.45, 7) is 29.4. The number of hydrogen-bond acceptors (Lipinski definition) is 6. The number of likely N-dealkylation sites (tertiary alicyclic amines) is 1. The fourth-order valence-corrected chi connectivity index (χ4v) is 15.8. The highest BCUT2D eigenvalue weighted by molar-refractivity contribution is 5.78. The number of carbonyl (C=O) groups is 3. The summed E-state index contributed by atoms with van der Waals surface area (Å²) in [4.78, 5) is 44.1. The molecule has 0 bridgehead atoms. The van der Waals surface area contributed by atoms with E-state index in [9.17, 15) is 19.5 Å². The van der Waals surface area contributed by atoms with Crippen molar-refractivity contribution in [1.82, 2.24) is 9.80 Å². The summed E-state index contributed by atoms with van der Waals surface area (Å²) in [6, 6.07) is 0.335. The first kappa shape index (κ1) is 42.9. The number of likely N-dealkylation sites (N-methyl/N-ethyl adjacent to an activating group) is 1. The molecule has 11 atom stereocenters. The van der Waals surface area contributed by atoms with Crippen molar-refractivity contribution < 1.29 is 24.2 Å². The lowest BCUT2D eigenvalue weighted by Crippen LogP contribution is -2.76. The standard InChI is InChI=1S/C47H81N3O5/c1-12-49(13-2)30-32-15-14-26-50(32)37(51)27-46-22-16-33(31(3)4)40(46)47(48)23-18-35-43(9)20-19-36(55-39(54)29-41(5,6)28-38(52)53)42(7,8)34(43)17-21-44(35,10)45(47,11)24-25-46/h31-36,40H,12-30,48H2,1-11H3,(H,52,53)/t32-,33-,34-,35+,36-,40-,43-,44+,45-,46+,47-/m0/s1. The lowest BCUT2D eigenvalue weighted by molar-refractivity contribution is -0.258. The van der Waals surface area contributed by atoms with E-state index in [4.69, 9.17) is 10.5 Å². The molecule has 1 saturated heterocycles. The predicted molar refractivity (Wildman–Crippen MR) is 220 cm³/mol. The highest BCUT2D eigenvalue weighted by Crippen LogP contribution is 2.78. The van der Waals surface area contributed by atoms with E-state index in [0.717, 1.165) is 96.8 Å². The van der Waals surface area contributed by atoms with Crippen LogP contribution in [0.15, 0.2) is 0 Å². The van der Waals surface area contributed by atoms with Gasteiger partial charge in [0.2, 0.25) is 5.91 Å². The van der Waals surface area contributed by atoms with Gasteiger partial charge in [0.1, 0.15) is 6.10 Å². The Hall–Kier alpha value is -1.67. The van der Waals surface area contributed by atoms with Gasteiger partial charge in [0.25, 0.3) is 0 Å².